The smallest absolute Gasteiger partial charge is 0.265 e. The number of nitrogens with one attached hydrogen (secondary N) is 1. The molecule has 6 nitrogen and oxygen atoms in total. The highest BCUT2D eigenvalue weighted by atomic mass is 32.1. The highest BCUT2D eigenvalue weighted by Crippen LogP contribution is 2.31. The van der Waals surface area contributed by atoms with Gasteiger partial charge in [-0.15, -0.1) is 11.3 Å². The lowest BCUT2D eigenvalue weighted by atomic mass is 10.2. The Hall–Kier alpha value is -2.28. The third kappa shape index (κ3) is 3.17. The predicted molar refractivity (Wildman–Crippen MR) is 91.8 cm³/mol. The van der Waals surface area contributed by atoms with Gasteiger partial charge in [-0.1, -0.05) is 12.1 Å². The number of hydrogen-bond acceptors (Lipinski definition) is 6. The van der Waals surface area contributed by atoms with Crippen LogP contribution in [0.1, 0.15) is 18.5 Å². The first-order chi connectivity index (χ1) is 11.8. The maximum atomic E-state index is 12.3. The number of anilines is 1. The summed E-state index contributed by atoms with van der Waals surface area (Å²) in [7, 11) is 0. The van der Waals surface area contributed by atoms with Crippen LogP contribution in [0.5, 0.6) is 11.5 Å². The van der Waals surface area contributed by atoms with Crippen LogP contribution in [0.4, 0.5) is 5.13 Å². The van der Waals surface area contributed by atoms with E-state index in [0.717, 1.165) is 23.9 Å². The number of carbonyl (C=O) groups excluding carboxylic acids is 1. The molecule has 1 aromatic heterocycles. The van der Waals surface area contributed by atoms with Crippen molar-refractivity contribution in [2.24, 2.45) is 0 Å². The molecule has 2 aliphatic rings. The number of nitrogens with zero attached hydrogens (tertiary/aromatic N) is 2. The molecule has 126 valence electrons. The summed E-state index contributed by atoms with van der Waals surface area (Å²) in [5.74, 6) is 1.10. The first kappa shape index (κ1) is 15.3. The second-order valence-electron chi connectivity index (χ2n) is 5.90. The van der Waals surface area contributed by atoms with Crippen molar-refractivity contribution in [3.63, 3.8) is 0 Å². The van der Waals surface area contributed by atoms with Crippen LogP contribution in [0.25, 0.3) is 0 Å². The lowest BCUT2D eigenvalue weighted by molar-refractivity contribution is -0.130. The van der Waals surface area contributed by atoms with E-state index in [4.69, 9.17) is 9.47 Å². The largest absolute Gasteiger partial charge is 0.485 e. The van der Waals surface area contributed by atoms with E-state index >= 15 is 0 Å². The molecule has 1 saturated heterocycles. The molecule has 0 radical (unpaired) electrons. The second-order valence-corrected chi connectivity index (χ2v) is 6.73. The van der Waals surface area contributed by atoms with Gasteiger partial charge in [-0.3, -0.25) is 4.79 Å². The number of para-hydroxylation sites is 2. The van der Waals surface area contributed by atoms with Gasteiger partial charge in [0.05, 0.1) is 12.2 Å². The molecule has 2 aliphatic heterocycles. The van der Waals surface area contributed by atoms with Gasteiger partial charge in [0.15, 0.2) is 16.6 Å². The predicted octanol–water partition coefficient (Wildman–Crippen LogP) is 2.20. The summed E-state index contributed by atoms with van der Waals surface area (Å²) < 4.78 is 11.3. The quantitative estimate of drug-likeness (QED) is 0.920. The molecule has 1 aromatic carbocycles. The van der Waals surface area contributed by atoms with Crippen molar-refractivity contribution < 1.29 is 14.3 Å². The Morgan fingerprint density at radius 1 is 1.29 bits per heavy atom. The standard InChI is InChI=1S/C17H19N3O3S/c21-16(15-10-22-13-5-1-2-6-14(13)23-15)18-9-12-11-24-17(19-12)20-7-3-4-8-20/h1-2,5-6,11,15H,3-4,7-10H2,(H,18,21). The van der Waals surface area contributed by atoms with Crippen LogP contribution in [0, 0.1) is 0 Å². The van der Waals surface area contributed by atoms with E-state index in [0.29, 0.717) is 18.0 Å². The number of ether oxygens (including phenoxy) is 2. The van der Waals surface area contributed by atoms with Gasteiger partial charge in [0.1, 0.15) is 6.61 Å². The summed E-state index contributed by atoms with van der Waals surface area (Å²) in [5.41, 5.74) is 0.882. The molecule has 1 N–H and O–H groups in total. The molecule has 2 aromatic rings. The highest BCUT2D eigenvalue weighted by molar-refractivity contribution is 7.13. The van der Waals surface area contributed by atoms with E-state index in [1.165, 1.54) is 12.8 Å². The number of hydrogen-bond donors (Lipinski definition) is 1. The fourth-order valence-electron chi connectivity index (χ4n) is 2.87. The van der Waals surface area contributed by atoms with Gasteiger partial charge in [0.25, 0.3) is 5.91 Å². The zero-order valence-electron chi connectivity index (χ0n) is 13.2. The van der Waals surface area contributed by atoms with Crippen molar-refractivity contribution in [3.05, 3.63) is 35.3 Å². The number of aromatic nitrogens is 1. The molecule has 4 rings (SSSR count). The van der Waals surface area contributed by atoms with Crippen LogP contribution in [-0.4, -0.2) is 36.7 Å². The topological polar surface area (TPSA) is 63.7 Å². The number of carbonyl (C=O) groups is 1. The lowest BCUT2D eigenvalue weighted by Gasteiger charge is -2.25. The fraction of sp³-hybridized carbons (Fsp3) is 0.412. The average molecular weight is 345 g/mol. The molecule has 1 fully saturated rings. The molecule has 0 saturated carbocycles. The van der Waals surface area contributed by atoms with Gasteiger partial charge in [0, 0.05) is 18.5 Å². The minimum atomic E-state index is -0.628. The summed E-state index contributed by atoms with van der Waals surface area (Å²) in [6, 6.07) is 7.37. The first-order valence-electron chi connectivity index (χ1n) is 8.15. The second kappa shape index (κ2) is 6.68. The van der Waals surface area contributed by atoms with Crippen molar-refractivity contribution in [3.8, 4) is 11.5 Å². The third-order valence-corrected chi connectivity index (χ3v) is 5.11. The molecule has 1 unspecified atom stereocenters. The molecule has 0 bridgehead atoms. The maximum Gasteiger partial charge on any atom is 0.265 e. The molecule has 7 heteroatoms. The molecule has 0 aliphatic carbocycles. The summed E-state index contributed by atoms with van der Waals surface area (Å²) in [4.78, 5) is 19.2. The summed E-state index contributed by atoms with van der Waals surface area (Å²) >= 11 is 1.63. The van der Waals surface area contributed by atoms with Crippen LogP contribution in [-0.2, 0) is 11.3 Å². The van der Waals surface area contributed by atoms with Crippen LogP contribution in [0.3, 0.4) is 0 Å². The number of benzene rings is 1. The number of amides is 1. The Morgan fingerprint density at radius 3 is 2.92 bits per heavy atom. The van der Waals surface area contributed by atoms with Crippen molar-refractivity contribution >= 4 is 22.4 Å². The lowest BCUT2D eigenvalue weighted by Crippen LogP contribution is -2.43. The Kier molecular flexibility index (Phi) is 4.25. The van der Waals surface area contributed by atoms with Crippen LogP contribution in [0.15, 0.2) is 29.6 Å². The van der Waals surface area contributed by atoms with E-state index in [1.54, 1.807) is 17.4 Å². The Labute approximate surface area is 144 Å². The maximum absolute atomic E-state index is 12.3. The van der Waals surface area contributed by atoms with Crippen LogP contribution < -0.4 is 19.7 Å². The number of rotatable bonds is 4. The van der Waals surface area contributed by atoms with E-state index in [9.17, 15) is 4.79 Å². The molecule has 24 heavy (non-hydrogen) atoms. The van der Waals surface area contributed by atoms with Gasteiger partial charge in [0.2, 0.25) is 6.10 Å². The first-order valence-corrected chi connectivity index (χ1v) is 9.03. The van der Waals surface area contributed by atoms with Crippen LogP contribution in [0.2, 0.25) is 0 Å². The zero-order chi connectivity index (χ0) is 16.4. The SMILES string of the molecule is O=C(NCc1csc(N2CCCC2)n1)C1COc2ccccc2O1. The van der Waals surface area contributed by atoms with Crippen molar-refractivity contribution in [1.29, 1.82) is 0 Å². The van der Waals surface area contributed by atoms with Gasteiger partial charge in [-0.05, 0) is 25.0 Å². The molecule has 1 atom stereocenters. The monoisotopic (exact) mass is 345 g/mol. The van der Waals surface area contributed by atoms with Gasteiger partial charge >= 0.3 is 0 Å². The summed E-state index contributed by atoms with van der Waals surface area (Å²) in [5, 5.41) is 5.93. The van der Waals surface area contributed by atoms with Gasteiger partial charge < -0.3 is 19.7 Å². The fourth-order valence-corrected chi connectivity index (χ4v) is 3.75. The molecular weight excluding hydrogens is 326 g/mol. The minimum Gasteiger partial charge on any atom is -0.485 e. The highest BCUT2D eigenvalue weighted by Gasteiger charge is 2.27. The molecular formula is C17H19N3O3S. The van der Waals surface area contributed by atoms with E-state index in [2.05, 4.69) is 15.2 Å². The molecule has 0 spiro atoms. The van der Waals surface area contributed by atoms with E-state index in [1.807, 2.05) is 23.6 Å². The van der Waals surface area contributed by atoms with Crippen molar-refractivity contribution in [1.82, 2.24) is 10.3 Å². The van der Waals surface area contributed by atoms with Crippen molar-refractivity contribution in [2.45, 2.75) is 25.5 Å². The van der Waals surface area contributed by atoms with Gasteiger partial charge in [-0.2, -0.15) is 0 Å². The van der Waals surface area contributed by atoms with Crippen LogP contribution >= 0.6 is 11.3 Å². The van der Waals surface area contributed by atoms with E-state index < -0.39 is 6.10 Å². The molecule has 1 amide bonds. The Morgan fingerprint density at radius 2 is 2.08 bits per heavy atom. The Balaban J connectivity index is 1.32. The molecule has 3 heterocycles. The number of thiazole rings is 1. The third-order valence-electron chi connectivity index (χ3n) is 4.16. The summed E-state index contributed by atoms with van der Waals surface area (Å²) in [6.45, 7) is 2.78. The normalized spacial score (nSPS) is 19.3. The number of fused-ring (bicyclic) bond motifs is 1. The minimum absolute atomic E-state index is 0.180. The van der Waals surface area contributed by atoms with Gasteiger partial charge in [-0.25, -0.2) is 4.98 Å². The van der Waals surface area contributed by atoms with E-state index in [-0.39, 0.29) is 12.5 Å². The Bertz CT molecular complexity index is 727. The summed E-state index contributed by atoms with van der Waals surface area (Å²) in [6.07, 6.45) is 1.83. The zero-order valence-corrected chi connectivity index (χ0v) is 14.1. The van der Waals surface area contributed by atoms with Crippen molar-refractivity contribution in [2.75, 3.05) is 24.6 Å². The average Bonchev–Trinajstić information content (AvgIpc) is 3.30.